The first-order valence-corrected chi connectivity index (χ1v) is 11.9. The Labute approximate surface area is 200 Å². The van der Waals surface area contributed by atoms with Crippen LogP contribution in [0.2, 0.25) is 0 Å². The second-order valence-corrected chi connectivity index (χ2v) is 9.95. The van der Waals surface area contributed by atoms with Crippen molar-refractivity contribution in [2.45, 2.75) is 19.0 Å². The molecule has 1 unspecified atom stereocenters. The first-order chi connectivity index (χ1) is 16.1. The van der Waals surface area contributed by atoms with Crippen molar-refractivity contribution in [2.24, 2.45) is 11.3 Å². The summed E-state index contributed by atoms with van der Waals surface area (Å²) in [6.07, 6.45) is -3.46. The normalized spacial score (nSPS) is 19.8. The van der Waals surface area contributed by atoms with Crippen LogP contribution in [-0.4, -0.2) is 61.9 Å². The Balaban J connectivity index is 1.57. The Hall–Kier alpha value is -3.06. The van der Waals surface area contributed by atoms with Crippen LogP contribution in [0.25, 0.3) is 0 Å². The van der Waals surface area contributed by atoms with Crippen molar-refractivity contribution >= 4 is 28.8 Å². The minimum absolute atomic E-state index is 0.0354. The van der Waals surface area contributed by atoms with Crippen LogP contribution in [0.15, 0.2) is 35.0 Å². The van der Waals surface area contributed by atoms with Gasteiger partial charge in [0.05, 0.1) is 28.7 Å². The van der Waals surface area contributed by atoms with Gasteiger partial charge < -0.3 is 14.7 Å². The first kappa shape index (κ1) is 24.1. The third kappa shape index (κ3) is 4.37. The molecule has 0 aliphatic carbocycles. The van der Waals surface area contributed by atoms with E-state index >= 15 is 0 Å². The lowest BCUT2D eigenvalue weighted by molar-refractivity contribution is -0.138. The Kier molecular flexibility index (Phi) is 6.34. The predicted molar refractivity (Wildman–Crippen MR) is 122 cm³/mol. The molecule has 34 heavy (non-hydrogen) atoms. The summed E-state index contributed by atoms with van der Waals surface area (Å²) in [5.74, 6) is -0.496. The lowest BCUT2D eigenvalue weighted by atomic mass is 9.70. The summed E-state index contributed by atoms with van der Waals surface area (Å²) in [4.78, 5) is 31.2. The van der Waals surface area contributed by atoms with E-state index in [-0.39, 0.29) is 17.7 Å². The van der Waals surface area contributed by atoms with Crippen LogP contribution in [0.1, 0.15) is 34.3 Å². The first-order valence-electron chi connectivity index (χ1n) is 10.9. The number of piperidine rings is 1. The number of hydrogen-bond donors (Lipinski definition) is 0. The monoisotopic (exact) mass is 490 g/mol. The standard InChI is InChI=1S/C24H25F3N4O2S/c1-29(2)22(33)20-13-31(21(32)17-5-10-34-14-17)15-23(20)6-8-30(9-7-23)18-4-3-16(12-28)19(11-18)24(25,26)27/h3-5,10-11,14,20H,6-9,13,15H2,1-2H3. The van der Waals surface area contributed by atoms with Gasteiger partial charge in [-0.15, -0.1) is 0 Å². The summed E-state index contributed by atoms with van der Waals surface area (Å²) in [5, 5.41) is 12.7. The second-order valence-electron chi connectivity index (χ2n) is 9.17. The zero-order valence-electron chi connectivity index (χ0n) is 18.9. The molecule has 0 saturated carbocycles. The van der Waals surface area contributed by atoms with Crippen LogP contribution in [0.3, 0.4) is 0 Å². The lowest BCUT2D eigenvalue weighted by Crippen LogP contribution is -2.48. The van der Waals surface area contributed by atoms with Gasteiger partial charge in [-0.05, 0) is 42.5 Å². The lowest BCUT2D eigenvalue weighted by Gasteiger charge is -2.43. The summed E-state index contributed by atoms with van der Waals surface area (Å²) in [7, 11) is 3.40. The molecule has 2 aliphatic heterocycles. The van der Waals surface area contributed by atoms with E-state index in [1.807, 2.05) is 10.3 Å². The van der Waals surface area contributed by atoms with Crippen molar-refractivity contribution < 1.29 is 22.8 Å². The summed E-state index contributed by atoms with van der Waals surface area (Å²) < 4.78 is 40.3. The Morgan fingerprint density at radius 3 is 2.47 bits per heavy atom. The van der Waals surface area contributed by atoms with Crippen molar-refractivity contribution in [3.8, 4) is 6.07 Å². The van der Waals surface area contributed by atoms with Crippen molar-refractivity contribution in [1.29, 1.82) is 5.26 Å². The highest BCUT2D eigenvalue weighted by Gasteiger charge is 2.52. The third-order valence-electron chi connectivity index (χ3n) is 7.00. The molecule has 6 nitrogen and oxygen atoms in total. The van der Waals surface area contributed by atoms with Gasteiger partial charge in [0.1, 0.15) is 0 Å². The predicted octanol–water partition coefficient (Wildman–Crippen LogP) is 4.09. The highest BCUT2D eigenvalue weighted by molar-refractivity contribution is 7.08. The van der Waals surface area contributed by atoms with Crippen molar-refractivity contribution in [1.82, 2.24) is 9.80 Å². The molecular weight excluding hydrogens is 465 g/mol. The molecule has 2 saturated heterocycles. The third-order valence-corrected chi connectivity index (χ3v) is 7.68. The van der Waals surface area contributed by atoms with E-state index in [0.29, 0.717) is 50.3 Å². The number of amides is 2. The number of thiophene rings is 1. The van der Waals surface area contributed by atoms with Crippen molar-refractivity contribution in [3.05, 3.63) is 51.7 Å². The molecule has 3 heterocycles. The van der Waals surface area contributed by atoms with E-state index in [4.69, 9.17) is 5.26 Å². The molecule has 180 valence electrons. The Morgan fingerprint density at radius 1 is 1.21 bits per heavy atom. The van der Waals surface area contributed by atoms with Gasteiger partial charge in [0.2, 0.25) is 5.91 Å². The second kappa shape index (κ2) is 8.95. The molecule has 2 aromatic rings. The number of alkyl halides is 3. The maximum absolute atomic E-state index is 13.4. The van der Waals surface area contributed by atoms with E-state index in [2.05, 4.69) is 0 Å². The number of halogens is 3. The minimum atomic E-state index is -4.62. The quantitative estimate of drug-likeness (QED) is 0.650. The average molecular weight is 491 g/mol. The smallest absolute Gasteiger partial charge is 0.371 e. The topological polar surface area (TPSA) is 67.7 Å². The number of hydrogen-bond acceptors (Lipinski definition) is 5. The largest absolute Gasteiger partial charge is 0.417 e. The SMILES string of the molecule is CN(C)C(=O)C1CN(C(=O)c2ccsc2)CC12CCN(c1ccc(C#N)c(C(F)(F)F)c1)CC2. The molecular formula is C24H25F3N4O2S. The molecule has 4 rings (SSSR count). The highest BCUT2D eigenvalue weighted by atomic mass is 32.1. The number of nitrogens with zero attached hydrogens (tertiary/aromatic N) is 4. The summed E-state index contributed by atoms with van der Waals surface area (Å²) in [5.41, 5.74) is -0.765. The minimum Gasteiger partial charge on any atom is -0.371 e. The maximum atomic E-state index is 13.4. The number of carbonyl (C=O) groups excluding carboxylic acids is 2. The fourth-order valence-corrected chi connectivity index (χ4v) is 5.75. The fourth-order valence-electron chi connectivity index (χ4n) is 5.12. The van der Waals surface area contributed by atoms with Crippen LogP contribution in [0, 0.1) is 22.7 Å². The Morgan fingerprint density at radius 2 is 1.91 bits per heavy atom. The van der Waals surface area contributed by atoms with E-state index in [1.165, 1.54) is 23.5 Å². The average Bonchev–Trinajstić information content (AvgIpc) is 3.46. The van der Waals surface area contributed by atoms with Gasteiger partial charge in [-0.25, -0.2) is 0 Å². The molecule has 1 atom stereocenters. The fraction of sp³-hybridized carbons (Fsp3) is 0.458. The van der Waals surface area contributed by atoms with Crippen LogP contribution in [-0.2, 0) is 11.0 Å². The van der Waals surface area contributed by atoms with Crippen LogP contribution in [0.5, 0.6) is 0 Å². The maximum Gasteiger partial charge on any atom is 0.417 e. The van der Waals surface area contributed by atoms with E-state index in [9.17, 15) is 22.8 Å². The van der Waals surface area contributed by atoms with Gasteiger partial charge >= 0.3 is 6.18 Å². The van der Waals surface area contributed by atoms with Crippen LogP contribution < -0.4 is 4.90 Å². The van der Waals surface area contributed by atoms with Gasteiger partial charge in [-0.3, -0.25) is 9.59 Å². The van der Waals surface area contributed by atoms with Gasteiger partial charge in [0.15, 0.2) is 0 Å². The molecule has 2 fully saturated rings. The van der Waals surface area contributed by atoms with Gasteiger partial charge in [-0.1, -0.05) is 0 Å². The molecule has 1 spiro atoms. The molecule has 1 aromatic heterocycles. The Bertz CT molecular complexity index is 1120. The van der Waals surface area contributed by atoms with E-state index < -0.39 is 22.7 Å². The van der Waals surface area contributed by atoms with E-state index in [0.717, 1.165) is 6.07 Å². The number of likely N-dealkylation sites (tertiary alicyclic amines) is 1. The summed E-state index contributed by atoms with van der Waals surface area (Å²) in [6, 6.07) is 7.15. The van der Waals surface area contributed by atoms with Crippen LogP contribution in [0.4, 0.5) is 18.9 Å². The van der Waals surface area contributed by atoms with Crippen LogP contribution >= 0.6 is 11.3 Å². The zero-order valence-corrected chi connectivity index (χ0v) is 19.7. The van der Waals surface area contributed by atoms with Crippen molar-refractivity contribution in [3.63, 3.8) is 0 Å². The highest BCUT2D eigenvalue weighted by Crippen LogP contribution is 2.47. The van der Waals surface area contributed by atoms with Gasteiger partial charge in [0, 0.05) is 56.8 Å². The number of rotatable bonds is 3. The summed E-state index contributed by atoms with van der Waals surface area (Å²) >= 11 is 1.44. The molecule has 2 amide bonds. The zero-order chi connectivity index (χ0) is 24.7. The van der Waals surface area contributed by atoms with Gasteiger partial charge in [-0.2, -0.15) is 29.8 Å². The molecule has 10 heteroatoms. The van der Waals surface area contributed by atoms with E-state index in [1.54, 1.807) is 41.4 Å². The molecule has 0 bridgehead atoms. The number of benzene rings is 1. The molecule has 1 aromatic carbocycles. The molecule has 0 N–H and O–H groups in total. The number of carbonyl (C=O) groups is 2. The number of nitriles is 1. The van der Waals surface area contributed by atoms with Crippen molar-refractivity contribution in [2.75, 3.05) is 45.2 Å². The van der Waals surface area contributed by atoms with Gasteiger partial charge in [0.25, 0.3) is 5.91 Å². The molecule has 2 aliphatic rings. The number of anilines is 1. The molecule has 0 radical (unpaired) electrons. The summed E-state index contributed by atoms with van der Waals surface area (Å²) in [6.45, 7) is 1.70.